The Bertz CT molecular complexity index is 122. The van der Waals surface area contributed by atoms with Gasteiger partial charge in [-0.25, -0.2) is 14.2 Å². The highest BCUT2D eigenvalue weighted by atomic mass is 19.1. The van der Waals surface area contributed by atoms with Crippen LogP contribution in [0.25, 0.3) is 0 Å². The molecule has 0 bridgehead atoms. The van der Waals surface area contributed by atoms with Crippen LogP contribution >= 0.6 is 0 Å². The summed E-state index contributed by atoms with van der Waals surface area (Å²) in [6.07, 6.45) is 1.63. The average Bonchev–Trinajstić information content (AvgIpc) is 1.63. The number of hydrogen-bond acceptors (Lipinski definition) is 2. The minimum absolute atomic E-state index is 0.229. The van der Waals surface area contributed by atoms with Gasteiger partial charge in [0.15, 0.2) is 0 Å². The van der Waals surface area contributed by atoms with Crippen LogP contribution in [-0.2, 0) is 4.79 Å². The minimum atomic E-state index is -1.22. The third-order valence-corrected chi connectivity index (χ3v) is 0.883. The summed E-state index contributed by atoms with van der Waals surface area (Å²) in [7, 11) is 0. The summed E-state index contributed by atoms with van der Waals surface area (Å²) in [4.78, 5) is 12.7. The lowest BCUT2D eigenvalue weighted by Crippen LogP contribution is -2.12. The van der Waals surface area contributed by atoms with E-state index in [4.69, 9.17) is 0 Å². The average molecular weight is 131 g/mol. The zero-order valence-corrected chi connectivity index (χ0v) is 5.65. The summed E-state index contributed by atoms with van der Waals surface area (Å²) in [5.74, 6) is 0. The number of aliphatic imine (C=N–C) groups is 1. The van der Waals surface area contributed by atoms with Crippen LogP contribution in [0.3, 0.4) is 0 Å². The van der Waals surface area contributed by atoms with E-state index in [0.29, 0.717) is 0 Å². The van der Waals surface area contributed by atoms with Crippen LogP contribution in [0.15, 0.2) is 4.99 Å². The van der Waals surface area contributed by atoms with Gasteiger partial charge in [-0.1, -0.05) is 0 Å². The van der Waals surface area contributed by atoms with Crippen molar-refractivity contribution < 1.29 is 9.18 Å². The van der Waals surface area contributed by atoms with Gasteiger partial charge < -0.3 is 0 Å². The number of hydrogen-bond donors (Lipinski definition) is 0. The summed E-state index contributed by atoms with van der Waals surface area (Å²) < 4.78 is 12.5. The molecular weight excluding hydrogens is 121 g/mol. The van der Waals surface area contributed by atoms with Crippen LogP contribution in [-0.4, -0.2) is 18.3 Å². The topological polar surface area (TPSA) is 29.4 Å². The quantitative estimate of drug-likeness (QED) is 0.421. The van der Waals surface area contributed by atoms with Gasteiger partial charge in [0.1, 0.15) is 5.67 Å². The molecule has 0 N–H and O–H groups in total. The Morgan fingerprint density at radius 3 is 2.56 bits per heavy atom. The van der Waals surface area contributed by atoms with Crippen molar-refractivity contribution in [2.75, 3.05) is 6.54 Å². The van der Waals surface area contributed by atoms with Crippen LogP contribution in [0.2, 0.25) is 0 Å². The predicted molar refractivity (Wildman–Crippen MR) is 32.8 cm³/mol. The van der Waals surface area contributed by atoms with Gasteiger partial charge in [-0.2, -0.15) is 0 Å². The molecule has 2 nitrogen and oxygen atoms in total. The predicted octanol–water partition coefficient (Wildman–Crippen LogP) is 1.46. The van der Waals surface area contributed by atoms with Gasteiger partial charge in [-0.15, -0.1) is 0 Å². The number of halogens is 1. The van der Waals surface area contributed by atoms with Crippen LogP contribution < -0.4 is 0 Å². The van der Waals surface area contributed by atoms with Gasteiger partial charge in [0.25, 0.3) is 0 Å². The molecule has 0 saturated heterocycles. The van der Waals surface area contributed by atoms with Gasteiger partial charge in [0.05, 0.1) is 6.54 Å². The lowest BCUT2D eigenvalue weighted by Gasteiger charge is -2.09. The number of carbonyl (C=O) groups excluding carboxylic acids is 1. The van der Waals surface area contributed by atoms with E-state index in [1.807, 2.05) is 0 Å². The molecule has 0 amide bonds. The smallest absolute Gasteiger partial charge is 0.234 e. The van der Waals surface area contributed by atoms with Gasteiger partial charge in [0.2, 0.25) is 6.08 Å². The molecule has 0 radical (unpaired) electrons. The number of alkyl halides is 1. The third kappa shape index (κ3) is 7.31. The summed E-state index contributed by atoms with van der Waals surface area (Å²) in [6, 6.07) is 0. The number of nitrogens with zero attached hydrogens (tertiary/aromatic N) is 1. The SMILES string of the molecule is CC(C)(F)CCN=C=O. The summed E-state index contributed by atoms with van der Waals surface area (Å²) in [6.45, 7) is 3.13. The maximum absolute atomic E-state index is 12.5. The molecule has 0 aliphatic rings. The first-order valence-corrected chi connectivity index (χ1v) is 2.79. The van der Waals surface area contributed by atoms with Crippen LogP contribution in [0.5, 0.6) is 0 Å². The van der Waals surface area contributed by atoms with E-state index in [1.165, 1.54) is 19.9 Å². The zero-order valence-electron chi connectivity index (χ0n) is 5.65. The Balaban J connectivity index is 3.39. The normalized spacial score (nSPS) is 10.6. The fraction of sp³-hybridized carbons (Fsp3) is 0.833. The second kappa shape index (κ2) is 3.36. The standard InChI is InChI=1S/C6H10FNO/c1-6(2,7)3-4-8-5-9/h3-4H2,1-2H3. The third-order valence-electron chi connectivity index (χ3n) is 0.883. The molecule has 0 aromatic heterocycles. The van der Waals surface area contributed by atoms with Crippen LogP contribution in [0, 0.1) is 0 Å². The van der Waals surface area contributed by atoms with E-state index in [-0.39, 0.29) is 13.0 Å². The molecule has 0 unspecified atom stereocenters. The van der Waals surface area contributed by atoms with Crippen LogP contribution in [0.4, 0.5) is 4.39 Å². The molecule has 0 aromatic carbocycles. The van der Waals surface area contributed by atoms with E-state index in [9.17, 15) is 9.18 Å². The van der Waals surface area contributed by atoms with Crippen molar-refractivity contribution in [2.45, 2.75) is 25.9 Å². The van der Waals surface area contributed by atoms with Crippen molar-refractivity contribution in [3.8, 4) is 0 Å². The van der Waals surface area contributed by atoms with E-state index < -0.39 is 5.67 Å². The fourth-order valence-electron chi connectivity index (χ4n) is 0.367. The Hall–Kier alpha value is -0.690. The Morgan fingerprint density at radius 1 is 1.67 bits per heavy atom. The van der Waals surface area contributed by atoms with Crippen LogP contribution in [0.1, 0.15) is 20.3 Å². The van der Waals surface area contributed by atoms with E-state index in [2.05, 4.69) is 4.99 Å². The summed E-state index contributed by atoms with van der Waals surface area (Å²) in [5.41, 5.74) is -1.22. The van der Waals surface area contributed by atoms with Crippen molar-refractivity contribution in [3.63, 3.8) is 0 Å². The van der Waals surface area contributed by atoms with Crippen molar-refractivity contribution in [1.29, 1.82) is 0 Å². The molecule has 0 aliphatic carbocycles. The Morgan fingerprint density at radius 2 is 2.22 bits per heavy atom. The first-order valence-electron chi connectivity index (χ1n) is 2.79. The van der Waals surface area contributed by atoms with Gasteiger partial charge in [0, 0.05) is 6.42 Å². The monoisotopic (exact) mass is 131 g/mol. The maximum Gasteiger partial charge on any atom is 0.234 e. The van der Waals surface area contributed by atoms with Crippen molar-refractivity contribution in [1.82, 2.24) is 0 Å². The maximum atomic E-state index is 12.5. The lowest BCUT2D eigenvalue weighted by molar-refractivity contribution is 0.206. The van der Waals surface area contributed by atoms with Gasteiger partial charge in [-0.05, 0) is 13.8 Å². The molecule has 0 spiro atoms. The van der Waals surface area contributed by atoms with Gasteiger partial charge >= 0.3 is 0 Å². The molecule has 0 saturated carbocycles. The molecule has 3 heteroatoms. The molecule has 0 atom stereocenters. The number of isocyanates is 1. The Labute approximate surface area is 53.8 Å². The largest absolute Gasteiger partial charge is 0.244 e. The molecule has 9 heavy (non-hydrogen) atoms. The highest BCUT2D eigenvalue weighted by molar-refractivity contribution is 5.32. The fourth-order valence-corrected chi connectivity index (χ4v) is 0.367. The molecule has 52 valence electrons. The molecule has 0 aromatic rings. The summed E-state index contributed by atoms with van der Waals surface area (Å²) >= 11 is 0. The minimum Gasteiger partial charge on any atom is -0.244 e. The first kappa shape index (κ1) is 8.31. The van der Waals surface area contributed by atoms with Crippen molar-refractivity contribution in [3.05, 3.63) is 0 Å². The van der Waals surface area contributed by atoms with E-state index >= 15 is 0 Å². The molecular formula is C6H10FNO. The lowest BCUT2D eigenvalue weighted by atomic mass is 10.1. The molecule has 0 aliphatic heterocycles. The number of rotatable bonds is 3. The summed E-state index contributed by atoms with van der Waals surface area (Å²) in [5, 5.41) is 0. The second-order valence-electron chi connectivity index (χ2n) is 2.44. The van der Waals surface area contributed by atoms with Crippen molar-refractivity contribution in [2.24, 2.45) is 4.99 Å². The first-order chi connectivity index (χ1) is 4.06. The molecule has 0 rings (SSSR count). The van der Waals surface area contributed by atoms with Gasteiger partial charge in [-0.3, -0.25) is 0 Å². The zero-order chi connectivity index (χ0) is 7.33. The van der Waals surface area contributed by atoms with E-state index in [1.54, 1.807) is 0 Å². The molecule has 0 heterocycles. The highest BCUT2D eigenvalue weighted by Crippen LogP contribution is 2.12. The molecule has 0 fully saturated rings. The van der Waals surface area contributed by atoms with Crippen molar-refractivity contribution >= 4 is 6.08 Å². The second-order valence-corrected chi connectivity index (χ2v) is 2.44. The highest BCUT2D eigenvalue weighted by Gasteiger charge is 2.13. The van der Waals surface area contributed by atoms with E-state index in [0.717, 1.165) is 0 Å². The Kier molecular flexibility index (Phi) is 3.10.